The van der Waals surface area contributed by atoms with Crippen molar-refractivity contribution in [3.8, 4) is 0 Å². The first-order valence-electron chi connectivity index (χ1n) is 7.55. The molecule has 4 heteroatoms. The number of halogens is 1. The molecule has 1 aliphatic rings. The molecule has 20 heavy (non-hydrogen) atoms. The van der Waals surface area contributed by atoms with E-state index < -0.39 is 0 Å². The second kappa shape index (κ2) is 7.65. The number of hydrogen-bond acceptors (Lipinski definition) is 1. The molecule has 0 bridgehead atoms. The van der Waals surface area contributed by atoms with Crippen LogP contribution in [-0.2, 0) is 4.79 Å². The number of quaternary nitrogens is 1. The molecule has 1 saturated heterocycles. The van der Waals surface area contributed by atoms with E-state index in [9.17, 15) is 4.79 Å². The van der Waals surface area contributed by atoms with Crippen molar-refractivity contribution in [1.82, 2.24) is 0 Å². The number of amides is 1. The van der Waals surface area contributed by atoms with Gasteiger partial charge in [-0.15, -0.1) is 0 Å². The number of benzene rings is 1. The minimum absolute atomic E-state index is 0.103. The molecule has 0 spiro atoms. The fraction of sp³-hybridized carbons (Fsp3) is 0.562. The monoisotopic (exact) mass is 295 g/mol. The van der Waals surface area contributed by atoms with Crippen molar-refractivity contribution in [3.63, 3.8) is 0 Å². The highest BCUT2D eigenvalue weighted by Gasteiger charge is 2.16. The lowest BCUT2D eigenvalue weighted by molar-refractivity contribution is -0.892. The van der Waals surface area contributed by atoms with Crippen molar-refractivity contribution < 1.29 is 9.69 Å². The molecule has 2 N–H and O–H groups in total. The Morgan fingerprint density at radius 1 is 1.20 bits per heavy atom. The van der Waals surface area contributed by atoms with Gasteiger partial charge in [0.25, 0.3) is 5.91 Å². The maximum absolute atomic E-state index is 12.2. The number of hydrogen-bond donors (Lipinski definition) is 2. The smallest absolute Gasteiger partial charge is 0.279 e. The van der Waals surface area contributed by atoms with Gasteiger partial charge in [-0.05, 0) is 56.4 Å². The Labute approximate surface area is 126 Å². The summed E-state index contributed by atoms with van der Waals surface area (Å²) in [5.74, 6) is 0.103. The number of likely N-dealkylation sites (tertiary alicyclic amines) is 1. The predicted octanol–water partition coefficient (Wildman–Crippen LogP) is 2.44. The largest absolute Gasteiger partial charge is 0.327 e. The third kappa shape index (κ3) is 4.80. The normalized spacial score (nSPS) is 17.3. The number of aryl methyl sites for hydroxylation is 1. The van der Waals surface area contributed by atoms with Crippen LogP contribution in [-0.4, -0.2) is 25.5 Å². The van der Waals surface area contributed by atoms with Crippen molar-refractivity contribution in [2.24, 2.45) is 0 Å². The summed E-state index contributed by atoms with van der Waals surface area (Å²) in [6, 6.07) is 5.56. The Morgan fingerprint density at radius 2 is 1.85 bits per heavy atom. The van der Waals surface area contributed by atoms with Gasteiger partial charge in [-0.3, -0.25) is 4.79 Å². The SMILES string of the molecule is Cc1cc(Cl)ccc1NC(=O)C[NH+]1CCCCCCC1. The Morgan fingerprint density at radius 3 is 2.50 bits per heavy atom. The number of carbonyl (C=O) groups is 1. The lowest BCUT2D eigenvalue weighted by Crippen LogP contribution is -3.13. The molecule has 1 fully saturated rings. The van der Waals surface area contributed by atoms with Crippen LogP contribution in [0.1, 0.15) is 37.7 Å². The molecule has 3 nitrogen and oxygen atoms in total. The van der Waals surface area contributed by atoms with Gasteiger partial charge in [-0.2, -0.15) is 0 Å². The molecule has 0 saturated carbocycles. The Hall–Kier alpha value is -1.06. The molecule has 0 aliphatic carbocycles. The third-order valence-corrected chi connectivity index (χ3v) is 4.17. The molecule has 2 rings (SSSR count). The van der Waals surface area contributed by atoms with E-state index >= 15 is 0 Å². The van der Waals surface area contributed by atoms with Crippen LogP contribution in [0, 0.1) is 6.92 Å². The highest BCUT2D eigenvalue weighted by atomic mass is 35.5. The van der Waals surface area contributed by atoms with E-state index in [-0.39, 0.29) is 5.91 Å². The molecular formula is C16H24ClN2O+. The first kappa shape index (κ1) is 15.3. The lowest BCUT2D eigenvalue weighted by atomic mass is 10.1. The maximum Gasteiger partial charge on any atom is 0.279 e. The van der Waals surface area contributed by atoms with Crippen LogP contribution in [0.4, 0.5) is 5.69 Å². The molecule has 0 unspecified atom stereocenters. The Balaban J connectivity index is 1.87. The van der Waals surface area contributed by atoms with Crippen LogP contribution >= 0.6 is 11.6 Å². The second-order valence-electron chi connectivity index (χ2n) is 5.70. The summed E-state index contributed by atoms with van der Waals surface area (Å²) in [4.78, 5) is 13.6. The molecule has 1 aliphatic heterocycles. The highest BCUT2D eigenvalue weighted by Crippen LogP contribution is 2.19. The van der Waals surface area contributed by atoms with Crippen LogP contribution in [0.15, 0.2) is 18.2 Å². The van der Waals surface area contributed by atoms with Gasteiger partial charge >= 0.3 is 0 Å². The molecule has 0 radical (unpaired) electrons. The van der Waals surface area contributed by atoms with Gasteiger partial charge < -0.3 is 10.2 Å². The molecule has 110 valence electrons. The first-order chi connectivity index (χ1) is 9.65. The summed E-state index contributed by atoms with van der Waals surface area (Å²) in [5.41, 5.74) is 1.87. The van der Waals surface area contributed by atoms with Gasteiger partial charge in [0.2, 0.25) is 0 Å². The van der Waals surface area contributed by atoms with E-state index in [1.165, 1.54) is 37.0 Å². The van der Waals surface area contributed by atoms with Crippen molar-refractivity contribution >= 4 is 23.2 Å². The van der Waals surface area contributed by atoms with Crippen LogP contribution in [0.2, 0.25) is 5.02 Å². The third-order valence-electron chi connectivity index (χ3n) is 3.93. The van der Waals surface area contributed by atoms with E-state index in [2.05, 4.69) is 5.32 Å². The Bertz CT molecular complexity index is 454. The summed E-state index contributed by atoms with van der Waals surface area (Å²) in [6.07, 6.45) is 6.44. The van der Waals surface area contributed by atoms with Crippen molar-refractivity contribution in [2.75, 3.05) is 25.0 Å². The predicted molar refractivity (Wildman–Crippen MR) is 83.5 cm³/mol. The van der Waals surface area contributed by atoms with Gasteiger partial charge in [0.05, 0.1) is 13.1 Å². The lowest BCUT2D eigenvalue weighted by Gasteiger charge is -2.21. The zero-order chi connectivity index (χ0) is 14.4. The summed E-state index contributed by atoms with van der Waals surface area (Å²) >= 11 is 5.93. The number of anilines is 1. The number of nitrogens with one attached hydrogen (secondary N) is 2. The molecular weight excluding hydrogens is 272 g/mol. The summed E-state index contributed by atoms with van der Waals surface area (Å²) in [5, 5.41) is 3.71. The molecule has 1 amide bonds. The van der Waals surface area contributed by atoms with Gasteiger partial charge in [-0.1, -0.05) is 18.0 Å². The van der Waals surface area contributed by atoms with E-state index in [4.69, 9.17) is 11.6 Å². The minimum Gasteiger partial charge on any atom is -0.327 e. The summed E-state index contributed by atoms with van der Waals surface area (Å²) in [6.45, 7) is 4.77. The standard InChI is InChI=1S/C16H23ClN2O/c1-13-11-14(17)7-8-15(13)18-16(20)12-19-9-5-3-2-4-6-10-19/h7-8,11H,2-6,9-10,12H2,1H3,(H,18,20)/p+1. The Kier molecular flexibility index (Phi) is 5.86. The van der Waals surface area contributed by atoms with Crippen molar-refractivity contribution in [2.45, 2.75) is 39.0 Å². The van der Waals surface area contributed by atoms with Crippen molar-refractivity contribution in [3.05, 3.63) is 28.8 Å². The minimum atomic E-state index is 0.103. The van der Waals surface area contributed by atoms with E-state index in [0.717, 1.165) is 24.3 Å². The first-order valence-corrected chi connectivity index (χ1v) is 7.92. The van der Waals surface area contributed by atoms with Gasteiger partial charge in [-0.25, -0.2) is 0 Å². The summed E-state index contributed by atoms with van der Waals surface area (Å²) in [7, 11) is 0. The average Bonchev–Trinajstić information content (AvgIpc) is 2.36. The van der Waals surface area contributed by atoms with Crippen LogP contribution in [0.25, 0.3) is 0 Å². The van der Waals surface area contributed by atoms with Crippen LogP contribution in [0.3, 0.4) is 0 Å². The molecule has 0 atom stereocenters. The quantitative estimate of drug-likeness (QED) is 0.882. The average molecular weight is 296 g/mol. The van der Waals surface area contributed by atoms with Gasteiger partial charge in [0.1, 0.15) is 0 Å². The number of carbonyl (C=O) groups excluding carboxylic acids is 1. The number of rotatable bonds is 3. The zero-order valence-corrected chi connectivity index (χ0v) is 12.9. The van der Waals surface area contributed by atoms with Gasteiger partial charge in [0, 0.05) is 10.7 Å². The van der Waals surface area contributed by atoms with Crippen LogP contribution in [0.5, 0.6) is 0 Å². The topological polar surface area (TPSA) is 33.5 Å². The maximum atomic E-state index is 12.2. The van der Waals surface area contributed by atoms with Crippen molar-refractivity contribution in [1.29, 1.82) is 0 Å². The van der Waals surface area contributed by atoms with E-state index in [0.29, 0.717) is 11.6 Å². The molecule has 0 aromatic heterocycles. The van der Waals surface area contributed by atoms with E-state index in [1.807, 2.05) is 25.1 Å². The van der Waals surface area contributed by atoms with Gasteiger partial charge in [0.15, 0.2) is 6.54 Å². The van der Waals surface area contributed by atoms with Crippen LogP contribution < -0.4 is 10.2 Å². The fourth-order valence-corrected chi connectivity index (χ4v) is 3.00. The molecule has 1 aromatic rings. The second-order valence-corrected chi connectivity index (χ2v) is 6.14. The zero-order valence-electron chi connectivity index (χ0n) is 12.2. The molecule has 1 aromatic carbocycles. The highest BCUT2D eigenvalue weighted by molar-refractivity contribution is 6.30. The fourth-order valence-electron chi connectivity index (χ4n) is 2.77. The van der Waals surface area contributed by atoms with E-state index in [1.54, 1.807) is 0 Å². The summed E-state index contributed by atoms with van der Waals surface area (Å²) < 4.78 is 0. The molecule has 1 heterocycles.